The van der Waals surface area contributed by atoms with Crippen LogP contribution in [0, 0.1) is 20.6 Å². The Morgan fingerprint density at radius 2 is 1.09 bits per heavy atom. The minimum Gasteiger partial charge on any atom is -0.256 e. The molecule has 0 radical (unpaired) electrons. The van der Waals surface area contributed by atoms with Crippen LogP contribution in [-0.2, 0) is 0 Å². The van der Waals surface area contributed by atoms with Gasteiger partial charge in [0.05, 0.1) is 5.69 Å². The highest BCUT2D eigenvalue weighted by Crippen LogP contribution is 2.34. The molecule has 160 valence electrons. The van der Waals surface area contributed by atoms with E-state index in [1.54, 1.807) is 30.3 Å². The quantitative estimate of drug-likeness (QED) is 0.276. The average molecular weight is 435 g/mol. The summed E-state index contributed by atoms with van der Waals surface area (Å²) in [5.74, 6) is 0. The summed E-state index contributed by atoms with van der Waals surface area (Å²) in [4.78, 5) is 4.37. The molecule has 33 heavy (non-hydrogen) atoms. The number of rotatable bonds is 4. The Morgan fingerprint density at radius 3 is 1.82 bits per heavy atom. The summed E-state index contributed by atoms with van der Waals surface area (Å²) in [6, 6.07) is 30.0. The molecule has 0 saturated carbocycles. The van der Waals surface area contributed by atoms with Gasteiger partial charge in [-0.1, -0.05) is 97.1 Å². The van der Waals surface area contributed by atoms with E-state index in [2.05, 4.69) is 4.98 Å². The van der Waals surface area contributed by atoms with E-state index in [9.17, 15) is 0 Å². The number of nitrogens with zero attached hydrogens (tertiary/aromatic N) is 1. The van der Waals surface area contributed by atoms with Gasteiger partial charge in [-0.25, -0.2) is 0 Å². The molecule has 5 aromatic rings. The molecule has 1 nitrogen and oxygen atoms in total. The van der Waals surface area contributed by atoms with E-state index in [0.717, 1.165) is 16.7 Å². The summed E-state index contributed by atoms with van der Waals surface area (Å²) >= 11 is 0. The number of aromatic nitrogens is 1. The Labute approximate surface area is 209 Å². The largest absolute Gasteiger partial charge is 0.256 e. The van der Waals surface area contributed by atoms with Crippen LogP contribution in [-0.4, -0.2) is 4.98 Å². The molecule has 1 heteroatoms. The molecule has 5 rings (SSSR count). The molecule has 0 aliphatic carbocycles. The lowest BCUT2D eigenvalue weighted by atomic mass is 9.91. The van der Waals surface area contributed by atoms with Gasteiger partial charge in [0.15, 0.2) is 0 Å². The van der Waals surface area contributed by atoms with Crippen LogP contribution in [0.2, 0.25) is 0 Å². The van der Waals surface area contributed by atoms with E-state index >= 15 is 0 Å². The molecule has 4 aromatic carbocycles. The van der Waals surface area contributed by atoms with Crippen LogP contribution in [0.3, 0.4) is 0 Å². The normalized spacial score (nSPS) is 16.1. The molecule has 0 aliphatic rings. The molecule has 0 atom stereocenters. The van der Waals surface area contributed by atoms with Gasteiger partial charge in [-0.2, -0.15) is 0 Å². The van der Waals surface area contributed by atoms with E-state index in [-0.39, 0.29) is 27.8 Å². The van der Waals surface area contributed by atoms with Crippen molar-refractivity contribution in [3.8, 4) is 44.6 Å². The van der Waals surface area contributed by atoms with Crippen LogP contribution >= 0.6 is 0 Å². The SMILES string of the molecule is [2H]C([2H])([2H])c1cc(-c2ccccc2)ccc1-c1ccc(-c2cc(-c3ccccc3)ncc2C([2H])([2H])[2H])c(C([2H])([2H])[2H])c1. The fraction of sp³-hybridized carbons (Fsp3) is 0.0938. The zero-order valence-electron chi connectivity index (χ0n) is 26.8. The summed E-state index contributed by atoms with van der Waals surface area (Å²) in [7, 11) is 0. The van der Waals surface area contributed by atoms with Crippen molar-refractivity contribution in [2.45, 2.75) is 20.6 Å². The first kappa shape index (κ1) is 12.9. The number of pyridine rings is 1. The molecule has 0 fully saturated rings. The van der Waals surface area contributed by atoms with Gasteiger partial charge in [0.25, 0.3) is 0 Å². The van der Waals surface area contributed by atoms with Crippen molar-refractivity contribution in [3.63, 3.8) is 0 Å². The number of hydrogen-bond donors (Lipinski definition) is 0. The van der Waals surface area contributed by atoms with Crippen molar-refractivity contribution in [1.82, 2.24) is 4.98 Å². The van der Waals surface area contributed by atoms with Crippen molar-refractivity contribution in [2.24, 2.45) is 0 Å². The molecule has 1 heterocycles. The van der Waals surface area contributed by atoms with Crippen LogP contribution in [0.4, 0.5) is 0 Å². The second-order valence-corrected chi connectivity index (χ2v) is 7.87. The average Bonchev–Trinajstić information content (AvgIpc) is 2.96. The lowest BCUT2D eigenvalue weighted by Gasteiger charge is -2.14. The highest BCUT2D eigenvalue weighted by Gasteiger charge is 2.11. The van der Waals surface area contributed by atoms with Gasteiger partial charge in [-0.3, -0.25) is 4.98 Å². The zero-order valence-corrected chi connectivity index (χ0v) is 17.8. The smallest absolute Gasteiger partial charge is 0.0708 e. The van der Waals surface area contributed by atoms with Gasteiger partial charge in [-0.15, -0.1) is 0 Å². The lowest BCUT2D eigenvalue weighted by molar-refractivity contribution is 1.26. The van der Waals surface area contributed by atoms with Crippen molar-refractivity contribution >= 4 is 0 Å². The molecule has 0 saturated heterocycles. The maximum atomic E-state index is 8.36. The Hall–Kier alpha value is -3.97. The van der Waals surface area contributed by atoms with Gasteiger partial charge in [0.1, 0.15) is 0 Å². The molecule has 1 aromatic heterocycles. The minimum absolute atomic E-state index is 0.0733. The predicted octanol–water partition coefficient (Wildman–Crippen LogP) is 8.67. The third-order valence-corrected chi connectivity index (χ3v) is 5.72. The highest BCUT2D eigenvalue weighted by molar-refractivity contribution is 5.79. The summed E-state index contributed by atoms with van der Waals surface area (Å²) in [6.45, 7) is -7.65. The van der Waals surface area contributed by atoms with Gasteiger partial charge in [0.2, 0.25) is 0 Å². The van der Waals surface area contributed by atoms with Gasteiger partial charge in [-0.05, 0) is 76.7 Å². The second kappa shape index (κ2) is 8.88. The maximum Gasteiger partial charge on any atom is 0.0708 e. The number of aryl methyl sites for hydroxylation is 3. The molecular formula is C32H27N. The number of hydrogen-bond acceptors (Lipinski definition) is 1. The van der Waals surface area contributed by atoms with E-state index in [1.165, 1.54) is 12.3 Å². The molecule has 0 N–H and O–H groups in total. The second-order valence-electron chi connectivity index (χ2n) is 7.87. The fourth-order valence-electron chi connectivity index (χ4n) is 4.00. The first-order chi connectivity index (χ1) is 19.7. The highest BCUT2D eigenvalue weighted by atomic mass is 14.7. The first-order valence-corrected chi connectivity index (χ1v) is 10.6. The summed E-state index contributed by atoms with van der Waals surface area (Å²) in [5.41, 5.74) is 4.01. The van der Waals surface area contributed by atoms with E-state index in [0.29, 0.717) is 16.8 Å². The summed E-state index contributed by atoms with van der Waals surface area (Å²) in [6.07, 6.45) is 1.27. The summed E-state index contributed by atoms with van der Waals surface area (Å²) < 4.78 is 74.1. The van der Waals surface area contributed by atoms with Crippen LogP contribution in [0.5, 0.6) is 0 Å². The topological polar surface area (TPSA) is 12.9 Å². The van der Waals surface area contributed by atoms with Crippen LogP contribution in [0.1, 0.15) is 29.0 Å². The predicted molar refractivity (Wildman–Crippen MR) is 140 cm³/mol. The minimum atomic E-state index is -2.63. The molecule has 0 amide bonds. The lowest BCUT2D eigenvalue weighted by Crippen LogP contribution is -1.93. The van der Waals surface area contributed by atoms with E-state index < -0.39 is 20.6 Å². The Bertz CT molecular complexity index is 1720. The Kier molecular flexibility index (Phi) is 3.47. The molecule has 0 aliphatic heterocycles. The van der Waals surface area contributed by atoms with Crippen molar-refractivity contribution in [1.29, 1.82) is 0 Å². The molecule has 0 unspecified atom stereocenters. The van der Waals surface area contributed by atoms with Gasteiger partial charge in [0, 0.05) is 24.1 Å². The standard InChI is InChI=1S/C32H27N/c1-22-18-27(25-10-6-4-7-11-25)14-16-29(22)28-15-17-30(23(2)19-28)31-20-32(33-21-24(31)3)26-12-8-5-9-13-26/h4-21H,1-3H3/i1D3,2D3,3D3. The van der Waals surface area contributed by atoms with Crippen molar-refractivity contribution in [3.05, 3.63) is 126 Å². The molecular weight excluding hydrogens is 398 g/mol. The first-order valence-electron chi connectivity index (χ1n) is 15.1. The van der Waals surface area contributed by atoms with Gasteiger partial charge >= 0.3 is 0 Å². The van der Waals surface area contributed by atoms with Gasteiger partial charge < -0.3 is 0 Å². The summed E-state index contributed by atoms with van der Waals surface area (Å²) in [5, 5.41) is 0. The maximum absolute atomic E-state index is 8.36. The molecule has 0 bridgehead atoms. The van der Waals surface area contributed by atoms with Crippen molar-refractivity contribution in [2.75, 3.05) is 0 Å². The third-order valence-electron chi connectivity index (χ3n) is 5.72. The Balaban J connectivity index is 1.72. The van der Waals surface area contributed by atoms with Crippen LogP contribution < -0.4 is 0 Å². The van der Waals surface area contributed by atoms with E-state index in [4.69, 9.17) is 12.3 Å². The Morgan fingerprint density at radius 1 is 0.485 bits per heavy atom. The third kappa shape index (κ3) is 4.23. The monoisotopic (exact) mass is 434 g/mol. The van der Waals surface area contributed by atoms with Crippen LogP contribution in [0.15, 0.2) is 109 Å². The van der Waals surface area contributed by atoms with Crippen molar-refractivity contribution < 1.29 is 12.3 Å². The fourth-order valence-corrected chi connectivity index (χ4v) is 4.00. The van der Waals surface area contributed by atoms with Crippen LogP contribution in [0.25, 0.3) is 44.6 Å². The zero-order chi connectivity index (χ0) is 30.3. The number of benzene rings is 4. The molecule has 0 spiro atoms. The van der Waals surface area contributed by atoms with E-state index in [1.807, 2.05) is 66.7 Å².